The van der Waals surface area contributed by atoms with E-state index in [1.165, 1.54) is 12.8 Å². The smallest absolute Gasteiger partial charge is 0.192 e. The van der Waals surface area contributed by atoms with Crippen molar-refractivity contribution in [2.24, 2.45) is 16.6 Å². The van der Waals surface area contributed by atoms with Crippen molar-refractivity contribution in [2.45, 2.75) is 25.8 Å². The second kappa shape index (κ2) is 5.11. The maximum Gasteiger partial charge on any atom is 0.192 e. The van der Waals surface area contributed by atoms with Gasteiger partial charge >= 0.3 is 0 Å². The van der Waals surface area contributed by atoms with E-state index < -0.39 is 0 Å². The van der Waals surface area contributed by atoms with Crippen LogP contribution in [0.5, 0.6) is 5.75 Å². The summed E-state index contributed by atoms with van der Waals surface area (Å²) in [5.74, 6) is 2.31. The molecule has 2 atom stereocenters. The minimum Gasteiger partial charge on any atom is -0.491 e. The molecule has 1 fully saturated rings. The summed E-state index contributed by atoms with van der Waals surface area (Å²) in [6.07, 6.45) is 2.49. The van der Waals surface area contributed by atoms with Crippen molar-refractivity contribution in [1.29, 1.82) is 0 Å². The van der Waals surface area contributed by atoms with Gasteiger partial charge in [-0.25, -0.2) is 4.99 Å². The molecule has 0 bridgehead atoms. The van der Waals surface area contributed by atoms with E-state index in [9.17, 15) is 0 Å². The first-order valence-corrected chi connectivity index (χ1v) is 7.04. The molecule has 1 aromatic rings. The van der Waals surface area contributed by atoms with Gasteiger partial charge in [-0.3, -0.25) is 0 Å². The van der Waals surface area contributed by atoms with E-state index in [0.29, 0.717) is 18.5 Å². The minimum atomic E-state index is 0.0495. The van der Waals surface area contributed by atoms with Gasteiger partial charge in [0.05, 0.1) is 0 Å². The summed E-state index contributed by atoms with van der Waals surface area (Å²) in [7, 11) is 0. The molecule has 1 saturated heterocycles. The number of hydrogen-bond acceptors (Lipinski definition) is 2. The Morgan fingerprint density at radius 3 is 3.11 bits per heavy atom. The summed E-state index contributed by atoms with van der Waals surface area (Å²) in [6, 6.07) is 8.12. The van der Waals surface area contributed by atoms with Gasteiger partial charge in [-0.2, -0.15) is 0 Å². The highest BCUT2D eigenvalue weighted by molar-refractivity contribution is 5.78. The van der Waals surface area contributed by atoms with Crippen LogP contribution in [-0.4, -0.2) is 30.6 Å². The molecule has 0 aliphatic carbocycles. The Hall–Kier alpha value is -1.71. The number of fused-ring (bicyclic) bond motifs is 1. The molecule has 4 heteroatoms. The summed E-state index contributed by atoms with van der Waals surface area (Å²) in [5, 5.41) is 0. The molecule has 2 unspecified atom stereocenters. The molecule has 0 spiro atoms. The number of nitrogens with two attached hydrogens (primary N) is 1. The van der Waals surface area contributed by atoms with Gasteiger partial charge in [0.2, 0.25) is 0 Å². The molecule has 1 aromatic carbocycles. The van der Waals surface area contributed by atoms with Crippen LogP contribution in [0.15, 0.2) is 29.3 Å². The van der Waals surface area contributed by atoms with Crippen molar-refractivity contribution >= 4 is 5.96 Å². The molecular formula is C15H21N3O. The highest BCUT2D eigenvalue weighted by atomic mass is 16.5. The van der Waals surface area contributed by atoms with E-state index in [2.05, 4.69) is 22.9 Å². The van der Waals surface area contributed by atoms with Crippen LogP contribution in [0.3, 0.4) is 0 Å². The maximum atomic E-state index is 6.17. The Morgan fingerprint density at radius 1 is 1.42 bits per heavy atom. The molecule has 3 rings (SSSR count). The molecule has 0 saturated carbocycles. The normalized spacial score (nSPS) is 27.0. The fraction of sp³-hybridized carbons (Fsp3) is 0.533. The average Bonchev–Trinajstić information content (AvgIpc) is 2.82. The molecule has 102 valence electrons. The topological polar surface area (TPSA) is 50.8 Å². The number of benzene rings is 1. The number of hydrogen-bond donors (Lipinski definition) is 1. The Kier molecular flexibility index (Phi) is 3.32. The number of piperidine rings is 1. The van der Waals surface area contributed by atoms with Crippen LogP contribution in [0.1, 0.15) is 31.4 Å². The monoisotopic (exact) mass is 259 g/mol. The number of aliphatic imine (C=N–C) groups is 1. The molecule has 2 aliphatic heterocycles. The number of likely N-dealkylation sites (tertiary alicyclic amines) is 1. The van der Waals surface area contributed by atoms with E-state index in [1.54, 1.807) is 0 Å². The number of ether oxygens (including phenoxy) is 1. The molecule has 2 aliphatic rings. The first-order valence-electron chi connectivity index (χ1n) is 7.04. The zero-order valence-corrected chi connectivity index (χ0v) is 11.4. The van der Waals surface area contributed by atoms with Crippen molar-refractivity contribution in [2.75, 3.05) is 19.7 Å². The van der Waals surface area contributed by atoms with Gasteiger partial charge in [0.1, 0.15) is 18.4 Å². The first-order chi connectivity index (χ1) is 9.24. The van der Waals surface area contributed by atoms with Crippen LogP contribution in [0.2, 0.25) is 0 Å². The van der Waals surface area contributed by atoms with Crippen molar-refractivity contribution in [1.82, 2.24) is 4.90 Å². The third kappa shape index (κ3) is 2.53. The van der Waals surface area contributed by atoms with Gasteiger partial charge in [0.25, 0.3) is 0 Å². The molecule has 19 heavy (non-hydrogen) atoms. The quantitative estimate of drug-likeness (QED) is 0.621. The van der Waals surface area contributed by atoms with Gasteiger partial charge < -0.3 is 15.4 Å². The standard InChI is InChI=1S/C15H21N3O/c1-11-5-4-8-18(9-11)15(16)17-13-10-19-14-7-3-2-6-12(13)14/h2-3,6-7,11,13H,4-5,8-10H2,1H3,(H2,16,17). The number of nitrogens with zero attached hydrogens (tertiary/aromatic N) is 2. The van der Waals surface area contributed by atoms with Gasteiger partial charge in [0.15, 0.2) is 5.96 Å². The van der Waals surface area contributed by atoms with E-state index >= 15 is 0 Å². The first kappa shape index (κ1) is 12.3. The molecule has 0 amide bonds. The van der Waals surface area contributed by atoms with Crippen molar-refractivity contribution in [3.63, 3.8) is 0 Å². The molecule has 2 heterocycles. The lowest BCUT2D eigenvalue weighted by Gasteiger charge is -2.32. The van der Waals surface area contributed by atoms with Crippen molar-refractivity contribution < 1.29 is 4.74 Å². The summed E-state index contributed by atoms with van der Waals surface area (Å²) < 4.78 is 5.64. The third-order valence-corrected chi connectivity index (χ3v) is 3.94. The van der Waals surface area contributed by atoms with Gasteiger partial charge in [-0.15, -0.1) is 0 Å². The Labute approximate surface area is 114 Å². The Morgan fingerprint density at radius 2 is 2.26 bits per heavy atom. The molecule has 0 aromatic heterocycles. The SMILES string of the molecule is CC1CCCN(C(N)=NC2COc3ccccc32)C1. The maximum absolute atomic E-state index is 6.17. The molecule has 4 nitrogen and oxygen atoms in total. The highest BCUT2D eigenvalue weighted by Crippen LogP contribution is 2.34. The lowest BCUT2D eigenvalue weighted by molar-refractivity contribution is 0.268. The third-order valence-electron chi connectivity index (χ3n) is 3.94. The summed E-state index contributed by atoms with van der Waals surface area (Å²) in [5.41, 5.74) is 7.32. The molecule has 0 radical (unpaired) electrons. The predicted molar refractivity (Wildman–Crippen MR) is 76.3 cm³/mol. The Bertz CT molecular complexity index is 486. The summed E-state index contributed by atoms with van der Waals surface area (Å²) in [6.45, 7) is 4.91. The Balaban J connectivity index is 1.75. The van der Waals surface area contributed by atoms with Crippen molar-refractivity contribution in [3.8, 4) is 5.75 Å². The summed E-state index contributed by atoms with van der Waals surface area (Å²) >= 11 is 0. The number of guanidine groups is 1. The van der Waals surface area contributed by atoms with Crippen LogP contribution in [0, 0.1) is 5.92 Å². The molecule has 2 N–H and O–H groups in total. The van der Waals surface area contributed by atoms with E-state index in [-0.39, 0.29) is 6.04 Å². The zero-order chi connectivity index (χ0) is 13.2. The molecular weight excluding hydrogens is 238 g/mol. The fourth-order valence-corrected chi connectivity index (χ4v) is 2.89. The lowest BCUT2D eigenvalue weighted by Crippen LogP contribution is -2.43. The highest BCUT2D eigenvalue weighted by Gasteiger charge is 2.25. The zero-order valence-electron chi connectivity index (χ0n) is 11.4. The minimum absolute atomic E-state index is 0.0495. The van der Waals surface area contributed by atoms with Crippen LogP contribution in [0.4, 0.5) is 0 Å². The second-order valence-electron chi connectivity index (χ2n) is 5.55. The number of para-hydroxylation sites is 1. The van der Waals surface area contributed by atoms with Gasteiger partial charge in [-0.1, -0.05) is 25.1 Å². The van der Waals surface area contributed by atoms with Gasteiger partial charge in [-0.05, 0) is 24.8 Å². The largest absolute Gasteiger partial charge is 0.491 e. The second-order valence-corrected chi connectivity index (χ2v) is 5.55. The summed E-state index contributed by atoms with van der Waals surface area (Å²) in [4.78, 5) is 6.87. The van der Waals surface area contributed by atoms with Crippen LogP contribution in [0.25, 0.3) is 0 Å². The average molecular weight is 259 g/mol. The fourth-order valence-electron chi connectivity index (χ4n) is 2.89. The predicted octanol–water partition coefficient (Wildman–Crippen LogP) is 2.17. The lowest BCUT2D eigenvalue weighted by atomic mass is 10.0. The van der Waals surface area contributed by atoms with E-state index in [0.717, 1.165) is 24.4 Å². The van der Waals surface area contributed by atoms with Crippen LogP contribution < -0.4 is 10.5 Å². The van der Waals surface area contributed by atoms with Gasteiger partial charge in [0, 0.05) is 18.7 Å². The van der Waals surface area contributed by atoms with Crippen LogP contribution >= 0.6 is 0 Å². The van der Waals surface area contributed by atoms with Crippen LogP contribution in [-0.2, 0) is 0 Å². The number of rotatable bonds is 1. The van der Waals surface area contributed by atoms with E-state index in [1.807, 2.05) is 18.2 Å². The van der Waals surface area contributed by atoms with Crippen molar-refractivity contribution in [3.05, 3.63) is 29.8 Å². The van der Waals surface area contributed by atoms with E-state index in [4.69, 9.17) is 10.5 Å².